The van der Waals surface area contributed by atoms with Crippen molar-refractivity contribution in [1.82, 2.24) is 0 Å². The molecule has 64 valence electrons. The van der Waals surface area contributed by atoms with E-state index in [0.717, 1.165) is 11.8 Å². The Labute approximate surface area is 76.1 Å². The van der Waals surface area contributed by atoms with Crippen molar-refractivity contribution in [3.05, 3.63) is 29.3 Å². The number of halogens is 1. The third-order valence-electron chi connectivity index (χ3n) is 1.58. The molecule has 0 aliphatic carbocycles. The molecule has 0 saturated carbocycles. The van der Waals surface area contributed by atoms with Crippen molar-refractivity contribution in [3.8, 4) is 5.75 Å². The topological polar surface area (TPSA) is 26.3 Å². The maximum atomic E-state index is 10.5. The zero-order chi connectivity index (χ0) is 8.97. The molecule has 1 aromatic carbocycles. The first kappa shape index (κ1) is 9.07. The monoisotopic (exact) mass is 184 g/mol. The van der Waals surface area contributed by atoms with E-state index in [-0.39, 0.29) is 0 Å². The lowest BCUT2D eigenvalue weighted by atomic mass is 10.1. The smallest absolute Gasteiger partial charge is 0.153 e. The van der Waals surface area contributed by atoms with Gasteiger partial charge in [0.2, 0.25) is 0 Å². The summed E-state index contributed by atoms with van der Waals surface area (Å²) < 4.78 is 4.99. The molecule has 0 amide bonds. The molecule has 0 saturated heterocycles. The summed E-state index contributed by atoms with van der Waals surface area (Å²) in [7, 11) is 1.53. The van der Waals surface area contributed by atoms with E-state index in [1.807, 2.05) is 0 Å². The van der Waals surface area contributed by atoms with E-state index in [9.17, 15) is 4.79 Å². The van der Waals surface area contributed by atoms with Crippen molar-refractivity contribution < 1.29 is 9.53 Å². The molecular weight excluding hydrogens is 176 g/mol. The van der Waals surface area contributed by atoms with E-state index < -0.39 is 0 Å². The Morgan fingerprint density at radius 3 is 2.83 bits per heavy atom. The minimum absolute atomic E-state index is 0.426. The lowest BCUT2D eigenvalue weighted by molar-refractivity contribution is 0.112. The van der Waals surface area contributed by atoms with Crippen LogP contribution < -0.4 is 4.74 Å². The molecule has 0 aliphatic rings. The Balaban J connectivity index is 3.10. The van der Waals surface area contributed by atoms with Crippen LogP contribution in [0.3, 0.4) is 0 Å². The summed E-state index contributed by atoms with van der Waals surface area (Å²) in [6, 6.07) is 5.26. The fourth-order valence-electron chi connectivity index (χ4n) is 0.936. The zero-order valence-electron chi connectivity index (χ0n) is 6.71. The number of rotatable bonds is 3. The van der Waals surface area contributed by atoms with E-state index in [1.165, 1.54) is 7.11 Å². The number of aldehydes is 1. The fraction of sp³-hybridized carbons (Fsp3) is 0.222. The van der Waals surface area contributed by atoms with Crippen LogP contribution in [0, 0.1) is 0 Å². The highest BCUT2D eigenvalue weighted by atomic mass is 35.5. The largest absolute Gasteiger partial charge is 0.496 e. The highest BCUT2D eigenvalue weighted by Crippen LogP contribution is 2.19. The van der Waals surface area contributed by atoms with Crippen LogP contribution in [0.25, 0.3) is 0 Å². The van der Waals surface area contributed by atoms with Gasteiger partial charge in [0.05, 0.1) is 12.7 Å². The predicted octanol–water partition coefficient (Wildman–Crippen LogP) is 2.25. The van der Waals surface area contributed by atoms with Crippen LogP contribution in [0.5, 0.6) is 5.75 Å². The van der Waals surface area contributed by atoms with Crippen LogP contribution in [0.15, 0.2) is 18.2 Å². The van der Waals surface area contributed by atoms with E-state index >= 15 is 0 Å². The number of hydrogen-bond donors (Lipinski definition) is 0. The number of carbonyl (C=O) groups excluding carboxylic acids is 1. The SMILES string of the molecule is COc1cc(CCl)ccc1C=O. The summed E-state index contributed by atoms with van der Waals surface area (Å²) in [5.41, 5.74) is 1.49. The third kappa shape index (κ3) is 1.77. The number of hydrogen-bond acceptors (Lipinski definition) is 2. The molecule has 1 aromatic rings. The summed E-state index contributed by atoms with van der Waals surface area (Å²) in [5, 5.41) is 0. The van der Waals surface area contributed by atoms with Gasteiger partial charge in [-0.2, -0.15) is 0 Å². The quantitative estimate of drug-likeness (QED) is 0.532. The van der Waals surface area contributed by atoms with Gasteiger partial charge in [0.1, 0.15) is 5.75 Å². The summed E-state index contributed by atoms with van der Waals surface area (Å²) >= 11 is 5.61. The Morgan fingerprint density at radius 1 is 1.58 bits per heavy atom. The van der Waals surface area contributed by atoms with Gasteiger partial charge < -0.3 is 4.74 Å². The first-order valence-corrected chi connectivity index (χ1v) is 4.03. The summed E-state index contributed by atoms with van der Waals surface area (Å²) in [4.78, 5) is 10.5. The van der Waals surface area contributed by atoms with Crippen molar-refractivity contribution in [1.29, 1.82) is 0 Å². The van der Waals surface area contributed by atoms with Crippen LogP contribution in [-0.2, 0) is 5.88 Å². The van der Waals surface area contributed by atoms with E-state index in [4.69, 9.17) is 16.3 Å². The number of ether oxygens (including phenoxy) is 1. The molecule has 0 atom stereocenters. The summed E-state index contributed by atoms with van der Waals surface area (Å²) in [6.45, 7) is 0. The summed E-state index contributed by atoms with van der Waals surface area (Å²) in [5.74, 6) is 0.998. The minimum Gasteiger partial charge on any atom is -0.496 e. The Hall–Kier alpha value is -1.02. The lowest BCUT2D eigenvalue weighted by Crippen LogP contribution is -1.91. The molecule has 0 aliphatic heterocycles. The Kier molecular flexibility index (Phi) is 3.11. The first-order chi connectivity index (χ1) is 5.81. The van der Waals surface area contributed by atoms with Crippen molar-refractivity contribution in [2.24, 2.45) is 0 Å². The van der Waals surface area contributed by atoms with Crippen LogP contribution in [0.1, 0.15) is 15.9 Å². The van der Waals surface area contributed by atoms with Gasteiger partial charge in [-0.15, -0.1) is 11.6 Å². The molecule has 2 nitrogen and oxygen atoms in total. The van der Waals surface area contributed by atoms with Crippen LogP contribution >= 0.6 is 11.6 Å². The van der Waals surface area contributed by atoms with E-state index in [0.29, 0.717) is 17.2 Å². The Bertz CT molecular complexity index is 284. The van der Waals surface area contributed by atoms with Crippen molar-refractivity contribution in [2.45, 2.75) is 5.88 Å². The number of carbonyl (C=O) groups is 1. The average Bonchev–Trinajstić information content (AvgIpc) is 2.16. The second-order valence-electron chi connectivity index (χ2n) is 2.33. The highest BCUT2D eigenvalue weighted by Gasteiger charge is 2.01. The number of methoxy groups -OCH3 is 1. The van der Waals surface area contributed by atoms with Gasteiger partial charge >= 0.3 is 0 Å². The Morgan fingerprint density at radius 2 is 2.33 bits per heavy atom. The molecular formula is C9H9ClO2. The maximum absolute atomic E-state index is 10.5. The molecule has 0 aromatic heterocycles. The van der Waals surface area contributed by atoms with Crippen molar-refractivity contribution >= 4 is 17.9 Å². The molecule has 0 radical (unpaired) electrons. The third-order valence-corrected chi connectivity index (χ3v) is 1.89. The second-order valence-corrected chi connectivity index (χ2v) is 2.60. The van der Waals surface area contributed by atoms with Crippen LogP contribution in [0.4, 0.5) is 0 Å². The summed E-state index contributed by atoms with van der Waals surface area (Å²) in [6.07, 6.45) is 0.761. The minimum atomic E-state index is 0.426. The van der Waals surface area contributed by atoms with E-state index in [2.05, 4.69) is 0 Å². The van der Waals surface area contributed by atoms with E-state index in [1.54, 1.807) is 18.2 Å². The molecule has 12 heavy (non-hydrogen) atoms. The van der Waals surface area contributed by atoms with Crippen molar-refractivity contribution in [3.63, 3.8) is 0 Å². The van der Waals surface area contributed by atoms with Gasteiger partial charge in [0.25, 0.3) is 0 Å². The normalized spacial score (nSPS) is 9.50. The van der Waals surface area contributed by atoms with Gasteiger partial charge in [-0.05, 0) is 17.7 Å². The first-order valence-electron chi connectivity index (χ1n) is 3.50. The van der Waals surface area contributed by atoms with Gasteiger partial charge in [-0.25, -0.2) is 0 Å². The highest BCUT2D eigenvalue weighted by molar-refractivity contribution is 6.17. The molecule has 3 heteroatoms. The van der Waals surface area contributed by atoms with Gasteiger partial charge in [0, 0.05) is 5.88 Å². The lowest BCUT2D eigenvalue weighted by Gasteiger charge is -2.04. The van der Waals surface area contributed by atoms with Crippen LogP contribution in [-0.4, -0.2) is 13.4 Å². The number of alkyl halides is 1. The molecule has 1 rings (SSSR count). The fourth-order valence-corrected chi connectivity index (χ4v) is 1.10. The molecule has 0 fully saturated rings. The average molecular weight is 185 g/mol. The zero-order valence-corrected chi connectivity index (χ0v) is 7.47. The molecule has 0 heterocycles. The second kappa shape index (κ2) is 4.12. The van der Waals surface area contributed by atoms with Gasteiger partial charge in [-0.1, -0.05) is 6.07 Å². The van der Waals surface area contributed by atoms with Gasteiger partial charge in [0.15, 0.2) is 6.29 Å². The number of benzene rings is 1. The van der Waals surface area contributed by atoms with Crippen LogP contribution in [0.2, 0.25) is 0 Å². The predicted molar refractivity (Wildman–Crippen MR) is 47.9 cm³/mol. The standard InChI is InChI=1S/C9H9ClO2/c1-12-9-4-7(5-10)2-3-8(9)6-11/h2-4,6H,5H2,1H3. The molecule has 0 unspecified atom stereocenters. The molecule has 0 bridgehead atoms. The maximum Gasteiger partial charge on any atom is 0.153 e. The molecule has 0 spiro atoms. The van der Waals surface area contributed by atoms with Gasteiger partial charge in [-0.3, -0.25) is 4.79 Å². The molecule has 0 N–H and O–H groups in total. The van der Waals surface area contributed by atoms with Crippen molar-refractivity contribution in [2.75, 3.05) is 7.11 Å².